The number of nitrogens with zero attached hydrogens (tertiary/aromatic N) is 3. The van der Waals surface area contributed by atoms with E-state index >= 15 is 0 Å². The van der Waals surface area contributed by atoms with Crippen LogP contribution in [0, 0.1) is 0 Å². The average molecular weight is 289 g/mol. The van der Waals surface area contributed by atoms with Crippen molar-refractivity contribution in [2.45, 2.75) is 0 Å². The van der Waals surface area contributed by atoms with Gasteiger partial charge in [0.1, 0.15) is 5.82 Å². The quantitative estimate of drug-likeness (QED) is 0.749. The van der Waals surface area contributed by atoms with Gasteiger partial charge >= 0.3 is 0 Å². The minimum Gasteiger partial charge on any atom is -0.383 e. The molecule has 0 aliphatic rings. The molecule has 1 aromatic carbocycles. The monoisotopic (exact) mass is 288 g/mol. The molecule has 0 saturated carbocycles. The third-order valence-electron chi connectivity index (χ3n) is 2.61. The van der Waals surface area contributed by atoms with Gasteiger partial charge in [-0.3, -0.25) is 0 Å². The van der Waals surface area contributed by atoms with Gasteiger partial charge in [-0.15, -0.1) is 0 Å². The van der Waals surface area contributed by atoms with Gasteiger partial charge in [0.05, 0.1) is 10.7 Å². The lowest BCUT2D eigenvalue weighted by Gasteiger charge is -2.06. The number of benzene rings is 1. The Labute approximate surface area is 106 Å². The first-order valence-corrected chi connectivity index (χ1v) is 5.90. The van der Waals surface area contributed by atoms with E-state index in [0.717, 1.165) is 21.2 Å². The molecule has 0 fully saturated rings. The fraction of sp³-hybridized carbons (Fsp3) is 0. The lowest BCUT2D eigenvalue weighted by Crippen LogP contribution is -2.02. The van der Waals surface area contributed by atoms with Crippen LogP contribution in [-0.2, 0) is 0 Å². The summed E-state index contributed by atoms with van der Waals surface area (Å²) in [5.74, 6) is 0.590. The van der Waals surface area contributed by atoms with Gasteiger partial charge in [-0.25, -0.2) is 4.98 Å². The van der Waals surface area contributed by atoms with E-state index in [1.165, 1.54) is 0 Å². The van der Waals surface area contributed by atoms with E-state index in [-0.39, 0.29) is 0 Å². The first-order chi connectivity index (χ1) is 8.27. The van der Waals surface area contributed by atoms with Gasteiger partial charge in [-0.1, -0.05) is 30.3 Å². The first kappa shape index (κ1) is 10.3. The number of rotatable bonds is 1. The minimum absolute atomic E-state index is 0.590. The van der Waals surface area contributed by atoms with Crippen molar-refractivity contribution in [1.82, 2.24) is 14.6 Å². The molecule has 2 heterocycles. The van der Waals surface area contributed by atoms with Crippen molar-refractivity contribution >= 4 is 27.4 Å². The molecule has 3 rings (SSSR count). The van der Waals surface area contributed by atoms with E-state index < -0.39 is 0 Å². The highest BCUT2D eigenvalue weighted by Gasteiger charge is 2.10. The average Bonchev–Trinajstić information content (AvgIpc) is 2.74. The summed E-state index contributed by atoms with van der Waals surface area (Å²) >= 11 is 3.38. The molecular weight excluding hydrogens is 280 g/mol. The minimum atomic E-state index is 0.590. The molecular formula is C12H9BrN4. The molecule has 84 valence electrons. The molecule has 0 atom stereocenters. The SMILES string of the molecule is Nc1c(-c2ccccc2)cnc2c(Br)cnn12. The van der Waals surface area contributed by atoms with Crippen molar-refractivity contribution in [3.05, 3.63) is 47.2 Å². The van der Waals surface area contributed by atoms with Crippen LogP contribution in [0.2, 0.25) is 0 Å². The van der Waals surface area contributed by atoms with Crippen molar-refractivity contribution in [1.29, 1.82) is 0 Å². The third kappa shape index (κ3) is 1.59. The van der Waals surface area contributed by atoms with Crippen molar-refractivity contribution in [2.24, 2.45) is 0 Å². The Bertz CT molecular complexity index is 676. The number of aromatic nitrogens is 3. The Hall–Kier alpha value is -1.88. The lowest BCUT2D eigenvalue weighted by molar-refractivity contribution is 0.954. The van der Waals surface area contributed by atoms with Crippen LogP contribution < -0.4 is 5.73 Å². The largest absolute Gasteiger partial charge is 0.383 e. The standard InChI is InChI=1S/C12H9BrN4/c13-10-7-16-17-11(14)9(6-15-12(10)17)8-4-2-1-3-5-8/h1-7H,14H2. The number of nitrogen functional groups attached to an aromatic ring is 1. The zero-order valence-electron chi connectivity index (χ0n) is 8.84. The molecule has 5 heteroatoms. The predicted molar refractivity (Wildman–Crippen MR) is 70.5 cm³/mol. The van der Waals surface area contributed by atoms with Crippen LogP contribution in [0.15, 0.2) is 47.2 Å². The van der Waals surface area contributed by atoms with E-state index in [2.05, 4.69) is 26.0 Å². The fourth-order valence-corrected chi connectivity index (χ4v) is 2.12. The number of halogens is 1. The molecule has 0 aliphatic carbocycles. The second-order valence-electron chi connectivity index (χ2n) is 3.65. The summed E-state index contributed by atoms with van der Waals surface area (Å²) in [7, 11) is 0. The van der Waals surface area contributed by atoms with Crippen LogP contribution in [0.1, 0.15) is 0 Å². The van der Waals surface area contributed by atoms with Gasteiger partial charge in [0.25, 0.3) is 0 Å². The Morgan fingerprint density at radius 2 is 1.88 bits per heavy atom. The summed E-state index contributed by atoms with van der Waals surface area (Å²) in [5.41, 5.74) is 8.74. The van der Waals surface area contributed by atoms with Crippen LogP contribution in [0.5, 0.6) is 0 Å². The first-order valence-electron chi connectivity index (χ1n) is 5.10. The van der Waals surface area contributed by atoms with Gasteiger partial charge in [-0.2, -0.15) is 9.61 Å². The van der Waals surface area contributed by atoms with E-state index in [9.17, 15) is 0 Å². The van der Waals surface area contributed by atoms with Crippen LogP contribution in [0.4, 0.5) is 5.82 Å². The van der Waals surface area contributed by atoms with E-state index in [0.29, 0.717) is 5.82 Å². The van der Waals surface area contributed by atoms with Crippen LogP contribution in [-0.4, -0.2) is 14.6 Å². The number of hydrogen-bond donors (Lipinski definition) is 1. The maximum absolute atomic E-state index is 6.10. The molecule has 0 spiro atoms. The fourth-order valence-electron chi connectivity index (χ4n) is 1.76. The molecule has 17 heavy (non-hydrogen) atoms. The zero-order valence-corrected chi connectivity index (χ0v) is 10.4. The van der Waals surface area contributed by atoms with Crippen molar-refractivity contribution in [2.75, 3.05) is 5.73 Å². The maximum Gasteiger partial charge on any atom is 0.171 e. The summed E-state index contributed by atoms with van der Waals surface area (Å²) < 4.78 is 2.47. The smallest absolute Gasteiger partial charge is 0.171 e. The van der Waals surface area contributed by atoms with Gasteiger partial charge in [0.2, 0.25) is 0 Å². The van der Waals surface area contributed by atoms with Crippen molar-refractivity contribution in [3.8, 4) is 11.1 Å². The Morgan fingerprint density at radius 1 is 1.12 bits per heavy atom. The second-order valence-corrected chi connectivity index (χ2v) is 4.51. The van der Waals surface area contributed by atoms with Gasteiger partial charge in [0, 0.05) is 11.8 Å². The lowest BCUT2D eigenvalue weighted by atomic mass is 10.1. The summed E-state index contributed by atoms with van der Waals surface area (Å²) in [6.07, 6.45) is 3.46. The van der Waals surface area contributed by atoms with Gasteiger partial charge in [0.15, 0.2) is 5.65 Å². The molecule has 3 aromatic rings. The normalized spacial score (nSPS) is 10.9. The molecule has 0 bridgehead atoms. The molecule has 2 N–H and O–H groups in total. The topological polar surface area (TPSA) is 56.2 Å². The molecule has 4 nitrogen and oxygen atoms in total. The van der Waals surface area contributed by atoms with Crippen LogP contribution >= 0.6 is 15.9 Å². The Balaban J connectivity index is 2.29. The summed E-state index contributed by atoms with van der Waals surface area (Å²) in [5, 5.41) is 4.19. The highest BCUT2D eigenvalue weighted by Crippen LogP contribution is 2.27. The van der Waals surface area contributed by atoms with E-state index in [1.807, 2.05) is 30.3 Å². The van der Waals surface area contributed by atoms with Gasteiger partial charge in [-0.05, 0) is 21.5 Å². The Morgan fingerprint density at radius 3 is 2.65 bits per heavy atom. The number of hydrogen-bond acceptors (Lipinski definition) is 3. The number of nitrogens with two attached hydrogens (primary N) is 1. The van der Waals surface area contributed by atoms with Crippen molar-refractivity contribution < 1.29 is 0 Å². The predicted octanol–water partition coefficient (Wildman–Crippen LogP) is 2.74. The maximum atomic E-state index is 6.10. The van der Waals surface area contributed by atoms with Gasteiger partial charge < -0.3 is 5.73 Å². The highest BCUT2D eigenvalue weighted by atomic mass is 79.9. The van der Waals surface area contributed by atoms with Crippen molar-refractivity contribution in [3.63, 3.8) is 0 Å². The number of anilines is 1. The van der Waals surface area contributed by atoms with Crippen LogP contribution in [0.25, 0.3) is 16.8 Å². The van der Waals surface area contributed by atoms with Crippen LogP contribution in [0.3, 0.4) is 0 Å². The zero-order chi connectivity index (χ0) is 11.8. The molecule has 2 aromatic heterocycles. The molecule has 0 unspecified atom stereocenters. The third-order valence-corrected chi connectivity index (χ3v) is 3.17. The van der Waals surface area contributed by atoms with E-state index in [1.54, 1.807) is 16.9 Å². The summed E-state index contributed by atoms with van der Waals surface area (Å²) in [4.78, 5) is 4.35. The second kappa shape index (κ2) is 3.85. The summed E-state index contributed by atoms with van der Waals surface area (Å²) in [6, 6.07) is 9.90. The molecule has 0 radical (unpaired) electrons. The molecule has 0 amide bonds. The summed E-state index contributed by atoms with van der Waals surface area (Å²) in [6.45, 7) is 0. The Kier molecular flexibility index (Phi) is 2.33. The molecule has 0 saturated heterocycles. The highest BCUT2D eigenvalue weighted by molar-refractivity contribution is 9.10. The van der Waals surface area contributed by atoms with E-state index in [4.69, 9.17) is 5.73 Å². The molecule has 0 aliphatic heterocycles. The number of fused-ring (bicyclic) bond motifs is 1.